The van der Waals surface area contributed by atoms with Gasteiger partial charge in [-0.15, -0.1) is 0 Å². The minimum absolute atomic E-state index is 0.000756. The fraction of sp³-hybridized carbons (Fsp3) is 0.0741. The lowest BCUT2D eigenvalue weighted by molar-refractivity contribution is -0.112. The first-order chi connectivity index (χ1) is 16.1. The highest BCUT2D eigenvalue weighted by atomic mass is 16.5. The van der Waals surface area contributed by atoms with E-state index in [0.717, 1.165) is 27.5 Å². The molecule has 0 radical (unpaired) electrons. The number of oxime groups is 1. The molecule has 1 amide bonds. The third-order valence-electron chi connectivity index (χ3n) is 5.86. The Bertz CT molecular complexity index is 1440. The van der Waals surface area contributed by atoms with Crippen molar-refractivity contribution >= 4 is 34.0 Å². The molecule has 0 bridgehead atoms. The number of nitrogens with zero attached hydrogens (tertiary/aromatic N) is 2. The minimum Gasteiger partial charge on any atom is -0.465 e. The molecular formula is C27H20N2O4. The topological polar surface area (TPSA) is 79.2 Å². The van der Waals surface area contributed by atoms with Crippen LogP contribution in [0.4, 0.5) is 5.69 Å². The van der Waals surface area contributed by atoms with E-state index in [1.165, 1.54) is 7.11 Å². The van der Waals surface area contributed by atoms with Crippen LogP contribution in [-0.2, 0) is 16.1 Å². The first kappa shape index (κ1) is 20.5. The fourth-order valence-corrected chi connectivity index (χ4v) is 4.21. The number of benzene rings is 4. The van der Waals surface area contributed by atoms with Crippen molar-refractivity contribution in [3.05, 3.63) is 102 Å². The lowest BCUT2D eigenvalue weighted by Crippen LogP contribution is -2.29. The van der Waals surface area contributed by atoms with Gasteiger partial charge in [0.05, 0.1) is 24.9 Å². The summed E-state index contributed by atoms with van der Waals surface area (Å²) in [5, 5.41) is 15.0. The molecule has 0 saturated carbocycles. The van der Waals surface area contributed by atoms with E-state index in [0.29, 0.717) is 16.8 Å². The zero-order valence-corrected chi connectivity index (χ0v) is 17.9. The smallest absolute Gasteiger partial charge is 0.337 e. The summed E-state index contributed by atoms with van der Waals surface area (Å²) in [5.74, 6) is -0.840. The number of amides is 1. The van der Waals surface area contributed by atoms with E-state index in [1.54, 1.807) is 29.2 Å². The summed E-state index contributed by atoms with van der Waals surface area (Å²) >= 11 is 0. The average Bonchev–Trinajstić information content (AvgIpc) is 3.13. The maximum absolute atomic E-state index is 13.0. The number of rotatable bonds is 4. The summed E-state index contributed by atoms with van der Waals surface area (Å²) in [6, 6.07) is 26.9. The van der Waals surface area contributed by atoms with Gasteiger partial charge in [-0.2, -0.15) is 0 Å². The first-order valence-corrected chi connectivity index (χ1v) is 10.4. The van der Waals surface area contributed by atoms with Gasteiger partial charge in [-0.1, -0.05) is 59.8 Å². The van der Waals surface area contributed by atoms with Crippen molar-refractivity contribution in [2.24, 2.45) is 5.16 Å². The lowest BCUT2D eigenvalue weighted by atomic mass is 9.99. The Morgan fingerprint density at radius 2 is 1.67 bits per heavy atom. The number of hydrogen-bond donors (Lipinski definition) is 1. The molecule has 0 spiro atoms. The molecule has 1 aliphatic heterocycles. The Morgan fingerprint density at radius 1 is 0.909 bits per heavy atom. The van der Waals surface area contributed by atoms with E-state index in [1.807, 2.05) is 36.4 Å². The molecule has 5 rings (SSSR count). The monoisotopic (exact) mass is 436 g/mol. The number of fused-ring (bicyclic) bond motifs is 2. The van der Waals surface area contributed by atoms with Crippen molar-refractivity contribution in [3.63, 3.8) is 0 Å². The summed E-state index contributed by atoms with van der Waals surface area (Å²) in [6.07, 6.45) is 0. The normalized spacial score (nSPS) is 14.0. The highest BCUT2D eigenvalue weighted by molar-refractivity contribution is 6.54. The molecular weight excluding hydrogens is 416 g/mol. The molecule has 1 aliphatic rings. The minimum atomic E-state index is -0.443. The Balaban J connectivity index is 1.55. The molecule has 0 atom stereocenters. The van der Waals surface area contributed by atoms with Crippen LogP contribution in [0.3, 0.4) is 0 Å². The molecule has 0 unspecified atom stereocenters. The highest BCUT2D eigenvalue weighted by Crippen LogP contribution is 2.35. The van der Waals surface area contributed by atoms with E-state index in [4.69, 9.17) is 4.74 Å². The summed E-state index contributed by atoms with van der Waals surface area (Å²) < 4.78 is 4.80. The van der Waals surface area contributed by atoms with Gasteiger partial charge in [-0.25, -0.2) is 4.79 Å². The predicted molar refractivity (Wildman–Crippen MR) is 127 cm³/mol. The van der Waals surface area contributed by atoms with Crippen molar-refractivity contribution in [2.45, 2.75) is 6.54 Å². The predicted octanol–water partition coefficient (Wildman–Crippen LogP) is 5.02. The fourth-order valence-electron chi connectivity index (χ4n) is 4.21. The third-order valence-corrected chi connectivity index (χ3v) is 5.86. The SMILES string of the molecule is COC(=O)c1cccc(CN2C(=O)/C(=N/O)c3ccc(-c4ccc5ccccc5c4)cc32)c1. The number of anilines is 1. The number of esters is 1. The van der Waals surface area contributed by atoms with Gasteiger partial charge < -0.3 is 14.8 Å². The molecule has 4 aromatic rings. The van der Waals surface area contributed by atoms with Crippen LogP contribution in [0, 0.1) is 0 Å². The van der Waals surface area contributed by atoms with Crippen molar-refractivity contribution in [3.8, 4) is 11.1 Å². The maximum Gasteiger partial charge on any atom is 0.337 e. The second kappa shape index (κ2) is 8.24. The van der Waals surface area contributed by atoms with Crippen LogP contribution >= 0.6 is 0 Å². The van der Waals surface area contributed by atoms with Crippen LogP contribution in [0.1, 0.15) is 21.5 Å². The van der Waals surface area contributed by atoms with E-state index in [9.17, 15) is 14.8 Å². The molecule has 0 fully saturated rings. The Kier molecular flexibility index (Phi) is 5.11. The van der Waals surface area contributed by atoms with Gasteiger partial charge in [0.2, 0.25) is 0 Å². The van der Waals surface area contributed by atoms with Crippen molar-refractivity contribution < 1.29 is 19.5 Å². The molecule has 0 aromatic heterocycles. The van der Waals surface area contributed by atoms with Crippen LogP contribution in [0.2, 0.25) is 0 Å². The molecule has 0 saturated heterocycles. The molecule has 4 aromatic carbocycles. The zero-order chi connectivity index (χ0) is 22.9. The Morgan fingerprint density at radius 3 is 2.45 bits per heavy atom. The molecule has 1 N–H and O–H groups in total. The first-order valence-electron chi connectivity index (χ1n) is 10.4. The number of methoxy groups -OCH3 is 1. The summed E-state index contributed by atoms with van der Waals surface area (Å²) in [5.41, 5.74) is 4.35. The molecule has 0 aliphatic carbocycles. The van der Waals surface area contributed by atoms with E-state index < -0.39 is 11.9 Å². The standard InChI is InChI=1S/C27H20N2O4/c1-33-27(31)22-8-4-5-17(13-22)16-29-24-15-21(11-12-23(24)25(28-32)26(29)30)20-10-9-18-6-2-3-7-19(18)14-20/h2-15,32H,16H2,1H3/b28-25+. The van der Waals surface area contributed by atoms with Crippen LogP contribution in [-0.4, -0.2) is 29.9 Å². The van der Waals surface area contributed by atoms with Crippen LogP contribution < -0.4 is 4.90 Å². The van der Waals surface area contributed by atoms with Gasteiger partial charge in [0.25, 0.3) is 5.91 Å². The molecule has 162 valence electrons. The van der Waals surface area contributed by atoms with Gasteiger partial charge >= 0.3 is 5.97 Å². The number of carbonyl (C=O) groups is 2. The molecule has 33 heavy (non-hydrogen) atoms. The summed E-state index contributed by atoms with van der Waals surface area (Å²) in [6.45, 7) is 0.219. The lowest BCUT2D eigenvalue weighted by Gasteiger charge is -2.18. The number of carbonyl (C=O) groups excluding carboxylic acids is 2. The van der Waals surface area contributed by atoms with Gasteiger partial charge in [-0.3, -0.25) is 4.79 Å². The molecule has 6 nitrogen and oxygen atoms in total. The third kappa shape index (κ3) is 3.61. The summed E-state index contributed by atoms with van der Waals surface area (Å²) in [7, 11) is 1.33. The van der Waals surface area contributed by atoms with Gasteiger partial charge in [0.1, 0.15) is 0 Å². The van der Waals surface area contributed by atoms with Gasteiger partial charge in [0.15, 0.2) is 5.71 Å². The van der Waals surface area contributed by atoms with E-state index in [2.05, 4.69) is 29.4 Å². The largest absolute Gasteiger partial charge is 0.465 e. The maximum atomic E-state index is 13.0. The molecule has 1 heterocycles. The Hall–Kier alpha value is -4.45. The van der Waals surface area contributed by atoms with E-state index >= 15 is 0 Å². The zero-order valence-electron chi connectivity index (χ0n) is 17.9. The van der Waals surface area contributed by atoms with Crippen LogP contribution in [0.5, 0.6) is 0 Å². The quantitative estimate of drug-likeness (QED) is 0.277. The Labute approximate surface area is 190 Å². The molecule has 6 heteroatoms. The number of ether oxygens (including phenoxy) is 1. The van der Waals surface area contributed by atoms with Crippen molar-refractivity contribution in [1.82, 2.24) is 0 Å². The van der Waals surface area contributed by atoms with Crippen molar-refractivity contribution in [1.29, 1.82) is 0 Å². The van der Waals surface area contributed by atoms with Gasteiger partial charge in [0, 0.05) is 5.56 Å². The number of hydrogen-bond acceptors (Lipinski definition) is 5. The average molecular weight is 436 g/mol. The van der Waals surface area contributed by atoms with Gasteiger partial charge in [-0.05, 0) is 57.8 Å². The van der Waals surface area contributed by atoms with E-state index in [-0.39, 0.29) is 12.3 Å². The van der Waals surface area contributed by atoms with Crippen LogP contribution in [0.15, 0.2) is 90.1 Å². The van der Waals surface area contributed by atoms with Crippen molar-refractivity contribution in [2.75, 3.05) is 12.0 Å². The summed E-state index contributed by atoms with van der Waals surface area (Å²) in [4.78, 5) is 26.5. The van der Waals surface area contributed by atoms with Crippen LogP contribution in [0.25, 0.3) is 21.9 Å². The highest BCUT2D eigenvalue weighted by Gasteiger charge is 2.35. The second-order valence-electron chi connectivity index (χ2n) is 7.83. The second-order valence-corrected chi connectivity index (χ2v) is 7.83.